The normalized spacial score (nSPS) is 11.1. The molecule has 3 aromatic rings. The van der Waals surface area contributed by atoms with Gasteiger partial charge in [-0.1, -0.05) is 54.6 Å². The zero-order valence-corrected chi connectivity index (χ0v) is 17.0. The van der Waals surface area contributed by atoms with Crippen molar-refractivity contribution in [2.45, 2.75) is 18.9 Å². The van der Waals surface area contributed by atoms with Crippen LogP contribution in [0.2, 0.25) is 0 Å². The van der Waals surface area contributed by atoms with Crippen LogP contribution in [-0.4, -0.2) is 20.6 Å². The Bertz CT molecular complexity index is 1080. The molecular formula is C23H23NO4S. The number of rotatable bonds is 8. The molecule has 1 N–H and O–H groups in total. The summed E-state index contributed by atoms with van der Waals surface area (Å²) in [4.78, 5) is 12.4. The predicted octanol–water partition coefficient (Wildman–Crippen LogP) is 3.74. The average molecular weight is 410 g/mol. The zero-order chi connectivity index (χ0) is 20.7. The first kappa shape index (κ1) is 20.6. The maximum Gasteiger partial charge on any atom is 0.251 e. The molecule has 0 aliphatic rings. The highest BCUT2D eigenvalue weighted by Gasteiger charge is 2.09. The molecular weight excluding hydrogens is 386 g/mol. The Labute approximate surface area is 171 Å². The summed E-state index contributed by atoms with van der Waals surface area (Å²) >= 11 is 0. The topological polar surface area (TPSA) is 72.5 Å². The fraction of sp³-hybridized carbons (Fsp3) is 0.174. The zero-order valence-electron chi connectivity index (χ0n) is 16.2. The molecule has 0 spiro atoms. The minimum Gasteiger partial charge on any atom is -0.489 e. The summed E-state index contributed by atoms with van der Waals surface area (Å²) in [7, 11) is -3.15. The molecule has 0 bridgehead atoms. The first-order valence-corrected chi connectivity index (χ1v) is 11.3. The van der Waals surface area contributed by atoms with Gasteiger partial charge < -0.3 is 10.1 Å². The summed E-state index contributed by atoms with van der Waals surface area (Å²) in [6.45, 7) is 0.821. The second kappa shape index (κ2) is 9.39. The summed E-state index contributed by atoms with van der Waals surface area (Å²) in [6.07, 6.45) is 1.17. The number of carbonyl (C=O) groups is 1. The molecule has 0 saturated carbocycles. The van der Waals surface area contributed by atoms with E-state index in [-0.39, 0.29) is 11.7 Å². The van der Waals surface area contributed by atoms with Crippen molar-refractivity contribution >= 4 is 15.7 Å². The van der Waals surface area contributed by atoms with E-state index in [1.807, 2.05) is 54.6 Å². The maximum atomic E-state index is 12.4. The summed E-state index contributed by atoms with van der Waals surface area (Å²) in [5, 5.41) is 2.86. The van der Waals surface area contributed by atoms with Crippen molar-refractivity contribution < 1.29 is 17.9 Å². The van der Waals surface area contributed by atoms with Gasteiger partial charge in [0, 0.05) is 18.4 Å². The van der Waals surface area contributed by atoms with Crippen molar-refractivity contribution in [2.75, 3.05) is 6.26 Å². The molecule has 5 nitrogen and oxygen atoms in total. The van der Waals surface area contributed by atoms with Crippen molar-refractivity contribution in [1.82, 2.24) is 5.32 Å². The van der Waals surface area contributed by atoms with Gasteiger partial charge in [-0.05, 0) is 41.0 Å². The Morgan fingerprint density at radius 1 is 0.862 bits per heavy atom. The molecule has 3 aromatic carbocycles. The summed E-state index contributed by atoms with van der Waals surface area (Å²) in [5.41, 5.74) is 3.02. The molecule has 0 unspecified atom stereocenters. The molecule has 0 radical (unpaired) electrons. The SMILES string of the molecule is CS(=O)(=O)Cc1cccc(C(=O)NCc2cccc(OCc3ccccc3)c2)c1. The fourth-order valence-corrected chi connectivity index (χ4v) is 3.66. The molecule has 0 atom stereocenters. The quantitative estimate of drug-likeness (QED) is 0.615. The van der Waals surface area contributed by atoms with E-state index in [0.717, 1.165) is 16.9 Å². The lowest BCUT2D eigenvalue weighted by Gasteiger charge is -2.10. The van der Waals surface area contributed by atoms with Gasteiger partial charge in [0.25, 0.3) is 5.91 Å². The van der Waals surface area contributed by atoms with E-state index in [2.05, 4.69) is 5.32 Å². The Kier molecular flexibility index (Phi) is 6.67. The van der Waals surface area contributed by atoms with Gasteiger partial charge in [0.05, 0.1) is 5.75 Å². The third-order valence-corrected chi connectivity index (χ3v) is 5.08. The standard InChI is InChI=1S/C23H23NO4S/c1-29(26,27)17-20-10-5-11-21(13-20)23(25)24-15-19-9-6-12-22(14-19)28-16-18-7-3-2-4-8-18/h2-14H,15-17H2,1H3,(H,24,25). The molecule has 150 valence electrons. The number of ether oxygens (including phenoxy) is 1. The molecule has 0 heterocycles. The number of amides is 1. The highest BCUT2D eigenvalue weighted by Crippen LogP contribution is 2.16. The van der Waals surface area contributed by atoms with Crippen LogP contribution in [0.15, 0.2) is 78.9 Å². The van der Waals surface area contributed by atoms with Crippen LogP contribution in [0.5, 0.6) is 5.75 Å². The number of hydrogen-bond acceptors (Lipinski definition) is 4. The molecule has 3 rings (SSSR count). The van der Waals surface area contributed by atoms with Crippen molar-refractivity contribution in [1.29, 1.82) is 0 Å². The van der Waals surface area contributed by atoms with E-state index < -0.39 is 9.84 Å². The fourth-order valence-electron chi connectivity index (χ4n) is 2.88. The number of sulfone groups is 1. The number of hydrogen-bond donors (Lipinski definition) is 1. The second-order valence-corrected chi connectivity index (χ2v) is 9.02. The average Bonchev–Trinajstić information content (AvgIpc) is 2.70. The van der Waals surface area contributed by atoms with Crippen LogP contribution in [0.25, 0.3) is 0 Å². The van der Waals surface area contributed by atoms with E-state index in [1.165, 1.54) is 6.26 Å². The molecule has 6 heteroatoms. The first-order chi connectivity index (χ1) is 13.9. The minimum absolute atomic E-state index is 0.0884. The lowest BCUT2D eigenvalue weighted by molar-refractivity contribution is 0.0950. The van der Waals surface area contributed by atoms with Crippen LogP contribution in [0.1, 0.15) is 27.0 Å². The van der Waals surface area contributed by atoms with Crippen molar-refractivity contribution in [3.63, 3.8) is 0 Å². The van der Waals surface area contributed by atoms with Crippen LogP contribution in [0.3, 0.4) is 0 Å². The summed E-state index contributed by atoms with van der Waals surface area (Å²) < 4.78 is 28.7. The van der Waals surface area contributed by atoms with Gasteiger partial charge in [0.15, 0.2) is 9.84 Å². The molecule has 0 aliphatic carbocycles. The van der Waals surface area contributed by atoms with Gasteiger partial charge in [0.2, 0.25) is 0 Å². The van der Waals surface area contributed by atoms with Crippen LogP contribution in [-0.2, 0) is 28.7 Å². The lowest BCUT2D eigenvalue weighted by Crippen LogP contribution is -2.23. The van der Waals surface area contributed by atoms with Gasteiger partial charge in [-0.25, -0.2) is 8.42 Å². The maximum absolute atomic E-state index is 12.4. The lowest BCUT2D eigenvalue weighted by atomic mass is 10.1. The van der Waals surface area contributed by atoms with E-state index in [4.69, 9.17) is 4.74 Å². The van der Waals surface area contributed by atoms with Gasteiger partial charge in [0.1, 0.15) is 12.4 Å². The third-order valence-electron chi connectivity index (χ3n) is 4.22. The highest BCUT2D eigenvalue weighted by atomic mass is 32.2. The van der Waals surface area contributed by atoms with Crippen LogP contribution in [0, 0.1) is 0 Å². The molecule has 0 fully saturated rings. The number of carbonyl (C=O) groups excluding carboxylic acids is 1. The summed E-state index contributed by atoms with van der Waals surface area (Å²) in [6, 6.07) is 24.1. The van der Waals surface area contributed by atoms with E-state index in [0.29, 0.717) is 24.3 Å². The van der Waals surface area contributed by atoms with Crippen LogP contribution >= 0.6 is 0 Å². The monoisotopic (exact) mass is 409 g/mol. The number of nitrogens with one attached hydrogen (secondary N) is 1. The smallest absolute Gasteiger partial charge is 0.251 e. The van der Waals surface area contributed by atoms with Gasteiger partial charge in [-0.15, -0.1) is 0 Å². The van der Waals surface area contributed by atoms with E-state index in [9.17, 15) is 13.2 Å². The van der Waals surface area contributed by atoms with Crippen molar-refractivity contribution in [2.24, 2.45) is 0 Å². The van der Waals surface area contributed by atoms with Gasteiger partial charge in [-0.2, -0.15) is 0 Å². The molecule has 1 amide bonds. The predicted molar refractivity (Wildman–Crippen MR) is 113 cm³/mol. The second-order valence-electron chi connectivity index (χ2n) is 6.87. The van der Waals surface area contributed by atoms with Gasteiger partial charge in [-0.3, -0.25) is 4.79 Å². The highest BCUT2D eigenvalue weighted by molar-refractivity contribution is 7.89. The van der Waals surface area contributed by atoms with Crippen LogP contribution < -0.4 is 10.1 Å². The Morgan fingerprint density at radius 3 is 2.31 bits per heavy atom. The van der Waals surface area contributed by atoms with Crippen molar-refractivity contribution in [3.05, 3.63) is 101 Å². The molecule has 0 aromatic heterocycles. The molecule has 0 saturated heterocycles. The van der Waals surface area contributed by atoms with Crippen LogP contribution in [0.4, 0.5) is 0 Å². The molecule has 29 heavy (non-hydrogen) atoms. The summed E-state index contributed by atoms with van der Waals surface area (Å²) in [5.74, 6) is 0.390. The Morgan fingerprint density at radius 2 is 1.55 bits per heavy atom. The Balaban J connectivity index is 1.58. The van der Waals surface area contributed by atoms with Crippen molar-refractivity contribution in [3.8, 4) is 5.75 Å². The Hall–Kier alpha value is -3.12. The largest absolute Gasteiger partial charge is 0.489 e. The van der Waals surface area contributed by atoms with E-state index >= 15 is 0 Å². The third kappa shape index (κ3) is 6.76. The van der Waals surface area contributed by atoms with E-state index in [1.54, 1.807) is 24.3 Å². The van der Waals surface area contributed by atoms with Gasteiger partial charge >= 0.3 is 0 Å². The number of benzene rings is 3. The first-order valence-electron chi connectivity index (χ1n) is 9.19. The molecule has 0 aliphatic heterocycles. The minimum atomic E-state index is -3.15.